The van der Waals surface area contributed by atoms with Crippen LogP contribution in [0.4, 0.5) is 0 Å². The van der Waals surface area contributed by atoms with Crippen LogP contribution in [0.15, 0.2) is 43.5 Å². The fourth-order valence-corrected chi connectivity index (χ4v) is 2.13. The number of benzene rings is 1. The quantitative estimate of drug-likeness (QED) is 0.612. The van der Waals surface area contributed by atoms with Crippen molar-refractivity contribution in [2.75, 3.05) is 13.2 Å². The first-order valence-electron chi connectivity index (χ1n) is 6.44. The third-order valence-electron chi connectivity index (χ3n) is 3.03. The van der Waals surface area contributed by atoms with Crippen LogP contribution in [-0.2, 0) is 19.0 Å². The lowest BCUT2D eigenvalue weighted by atomic mass is 9.96. The zero-order valence-electron chi connectivity index (χ0n) is 11.5. The Kier molecular flexibility index (Phi) is 4.71. The molecule has 0 bridgehead atoms. The molecule has 1 fully saturated rings. The highest BCUT2D eigenvalue weighted by molar-refractivity contribution is 5.75. The van der Waals surface area contributed by atoms with Gasteiger partial charge in [0.15, 0.2) is 6.29 Å². The van der Waals surface area contributed by atoms with E-state index >= 15 is 0 Å². The van der Waals surface area contributed by atoms with Gasteiger partial charge in [-0.25, -0.2) is 0 Å². The van der Waals surface area contributed by atoms with Crippen LogP contribution in [0.25, 0.3) is 5.57 Å². The summed E-state index contributed by atoms with van der Waals surface area (Å²) in [5, 5.41) is 0. The smallest absolute Gasteiger partial charge is 0.303 e. The Morgan fingerprint density at radius 1 is 1.40 bits per heavy atom. The summed E-state index contributed by atoms with van der Waals surface area (Å²) in [5.74, 6) is -0.373. The van der Waals surface area contributed by atoms with Gasteiger partial charge in [-0.1, -0.05) is 37.4 Å². The van der Waals surface area contributed by atoms with Crippen molar-refractivity contribution >= 4 is 11.5 Å². The molecule has 1 aliphatic heterocycles. The second-order valence-corrected chi connectivity index (χ2v) is 4.45. The molecule has 1 atom stereocenters. The van der Waals surface area contributed by atoms with Gasteiger partial charge in [0.05, 0.1) is 13.2 Å². The molecule has 1 saturated heterocycles. The Morgan fingerprint density at radius 3 is 2.65 bits per heavy atom. The molecule has 1 aromatic rings. The Hall–Kier alpha value is -1.91. The van der Waals surface area contributed by atoms with Crippen molar-refractivity contribution in [3.8, 4) is 0 Å². The van der Waals surface area contributed by atoms with Crippen molar-refractivity contribution in [2.24, 2.45) is 0 Å². The minimum absolute atomic E-state index is 0.373. The Balaban J connectivity index is 2.28. The molecular weight excluding hydrogens is 256 g/mol. The first-order chi connectivity index (χ1) is 9.63. The monoisotopic (exact) mass is 274 g/mol. The van der Waals surface area contributed by atoms with E-state index in [1.165, 1.54) is 6.92 Å². The molecule has 106 valence electrons. The summed E-state index contributed by atoms with van der Waals surface area (Å²) in [4.78, 5) is 11.1. The molecule has 1 aromatic carbocycles. The summed E-state index contributed by atoms with van der Waals surface area (Å²) in [6.07, 6.45) is 0.595. The van der Waals surface area contributed by atoms with E-state index in [1.54, 1.807) is 6.08 Å². The molecule has 1 unspecified atom stereocenters. The zero-order chi connectivity index (χ0) is 14.5. The first kappa shape index (κ1) is 14.5. The van der Waals surface area contributed by atoms with Gasteiger partial charge in [-0.05, 0) is 17.2 Å². The van der Waals surface area contributed by atoms with Crippen LogP contribution in [0.2, 0.25) is 0 Å². The summed E-state index contributed by atoms with van der Waals surface area (Å²) in [5.41, 5.74) is 2.39. The van der Waals surface area contributed by atoms with Gasteiger partial charge < -0.3 is 14.2 Å². The molecule has 4 nitrogen and oxygen atoms in total. The van der Waals surface area contributed by atoms with E-state index in [4.69, 9.17) is 14.2 Å². The molecule has 0 saturated carbocycles. The van der Waals surface area contributed by atoms with Gasteiger partial charge in [0, 0.05) is 12.5 Å². The molecule has 0 N–H and O–H groups in total. The largest absolute Gasteiger partial charge is 0.453 e. The fraction of sp³-hybridized carbons (Fsp3) is 0.312. The summed E-state index contributed by atoms with van der Waals surface area (Å²) in [6.45, 7) is 10.2. The van der Waals surface area contributed by atoms with Crippen LogP contribution in [0.5, 0.6) is 0 Å². The topological polar surface area (TPSA) is 44.8 Å². The lowest BCUT2D eigenvalue weighted by molar-refractivity contribution is -0.142. The maximum absolute atomic E-state index is 11.1. The lowest BCUT2D eigenvalue weighted by Crippen LogP contribution is -2.16. The summed E-state index contributed by atoms with van der Waals surface area (Å²) >= 11 is 0. The van der Waals surface area contributed by atoms with Crippen LogP contribution in [0.3, 0.4) is 0 Å². The summed E-state index contributed by atoms with van der Waals surface area (Å²) < 4.78 is 16.2. The molecule has 1 heterocycles. The van der Waals surface area contributed by atoms with E-state index in [2.05, 4.69) is 13.2 Å². The fourth-order valence-electron chi connectivity index (χ4n) is 2.13. The third-order valence-corrected chi connectivity index (χ3v) is 3.03. The Bertz CT molecular complexity index is 515. The standard InChI is InChI=1S/C16H18O4/c1-4-15(20-12(3)17)11(2)13-7-5-6-8-14(13)16-18-9-10-19-16/h4-8,15-16H,1-2,9-10H2,3H3. The predicted molar refractivity (Wildman–Crippen MR) is 75.9 cm³/mol. The van der Waals surface area contributed by atoms with Crippen molar-refractivity contribution in [2.45, 2.75) is 19.3 Å². The zero-order valence-corrected chi connectivity index (χ0v) is 11.5. The van der Waals surface area contributed by atoms with Crippen molar-refractivity contribution in [3.05, 3.63) is 54.6 Å². The van der Waals surface area contributed by atoms with Gasteiger partial charge in [0.1, 0.15) is 6.10 Å². The highest BCUT2D eigenvalue weighted by atomic mass is 16.7. The molecule has 0 amide bonds. The average molecular weight is 274 g/mol. The van der Waals surface area contributed by atoms with Crippen molar-refractivity contribution in [1.29, 1.82) is 0 Å². The number of carbonyl (C=O) groups is 1. The van der Waals surface area contributed by atoms with Crippen LogP contribution < -0.4 is 0 Å². The Morgan fingerprint density at radius 2 is 2.05 bits per heavy atom. The van der Waals surface area contributed by atoms with Crippen LogP contribution >= 0.6 is 0 Å². The van der Waals surface area contributed by atoms with E-state index < -0.39 is 12.4 Å². The summed E-state index contributed by atoms with van der Waals surface area (Å²) in [7, 11) is 0. The third kappa shape index (κ3) is 3.15. The normalized spacial score (nSPS) is 16.6. The van der Waals surface area contributed by atoms with Gasteiger partial charge in [0.25, 0.3) is 0 Å². The Labute approximate surface area is 118 Å². The van der Waals surface area contributed by atoms with Gasteiger partial charge >= 0.3 is 5.97 Å². The lowest BCUT2D eigenvalue weighted by Gasteiger charge is -2.20. The van der Waals surface area contributed by atoms with E-state index in [0.29, 0.717) is 18.8 Å². The molecule has 20 heavy (non-hydrogen) atoms. The molecule has 1 aliphatic rings. The number of carbonyl (C=O) groups excluding carboxylic acids is 1. The van der Waals surface area contributed by atoms with Crippen LogP contribution in [0.1, 0.15) is 24.3 Å². The second-order valence-electron chi connectivity index (χ2n) is 4.45. The van der Waals surface area contributed by atoms with E-state index in [0.717, 1.165) is 11.1 Å². The number of hydrogen-bond donors (Lipinski definition) is 0. The average Bonchev–Trinajstić information content (AvgIpc) is 2.98. The molecule has 2 rings (SSSR count). The van der Waals surface area contributed by atoms with Gasteiger partial charge in [-0.3, -0.25) is 4.79 Å². The number of ether oxygens (including phenoxy) is 3. The maximum atomic E-state index is 11.1. The van der Waals surface area contributed by atoms with Gasteiger partial charge in [-0.2, -0.15) is 0 Å². The molecular formula is C16H18O4. The van der Waals surface area contributed by atoms with E-state index in [1.807, 2.05) is 24.3 Å². The van der Waals surface area contributed by atoms with Crippen molar-refractivity contribution in [1.82, 2.24) is 0 Å². The highest BCUT2D eigenvalue weighted by Gasteiger charge is 2.24. The number of esters is 1. The molecule has 4 heteroatoms. The van der Waals surface area contributed by atoms with E-state index in [-0.39, 0.29) is 5.97 Å². The van der Waals surface area contributed by atoms with Crippen molar-refractivity contribution < 1.29 is 19.0 Å². The molecule has 0 radical (unpaired) electrons. The molecule has 0 spiro atoms. The molecule has 0 aromatic heterocycles. The maximum Gasteiger partial charge on any atom is 0.303 e. The second kappa shape index (κ2) is 6.50. The van der Waals surface area contributed by atoms with Gasteiger partial charge in [0.2, 0.25) is 0 Å². The van der Waals surface area contributed by atoms with Crippen LogP contribution in [0, 0.1) is 0 Å². The predicted octanol–water partition coefficient (Wildman–Crippen LogP) is 2.86. The SMILES string of the molecule is C=CC(OC(C)=O)C(=C)c1ccccc1C1OCCO1. The minimum Gasteiger partial charge on any atom is -0.453 e. The summed E-state index contributed by atoms with van der Waals surface area (Å²) in [6, 6.07) is 7.63. The molecule has 0 aliphatic carbocycles. The minimum atomic E-state index is -0.560. The first-order valence-corrected chi connectivity index (χ1v) is 6.44. The number of hydrogen-bond acceptors (Lipinski definition) is 4. The van der Waals surface area contributed by atoms with Gasteiger partial charge in [-0.15, -0.1) is 0 Å². The van der Waals surface area contributed by atoms with Crippen LogP contribution in [-0.4, -0.2) is 25.3 Å². The number of rotatable bonds is 5. The highest BCUT2D eigenvalue weighted by Crippen LogP contribution is 2.31. The van der Waals surface area contributed by atoms with Crippen molar-refractivity contribution in [3.63, 3.8) is 0 Å². The van der Waals surface area contributed by atoms with E-state index in [9.17, 15) is 4.79 Å².